The van der Waals surface area contributed by atoms with Crippen LogP contribution in [0.3, 0.4) is 0 Å². The van der Waals surface area contributed by atoms with Gasteiger partial charge in [0.15, 0.2) is 0 Å². The maximum Gasteiger partial charge on any atom is 0.389 e. The molecule has 0 amide bonds. The van der Waals surface area contributed by atoms with Crippen LogP contribution in [0.15, 0.2) is 0 Å². The maximum absolute atomic E-state index is 12.8. The highest BCUT2D eigenvalue weighted by molar-refractivity contribution is 5.11. The monoisotopic (exact) mass is 152 g/mol. The van der Waals surface area contributed by atoms with Crippen molar-refractivity contribution in [3.8, 4) is 0 Å². The van der Waals surface area contributed by atoms with Crippen LogP contribution < -0.4 is 0 Å². The van der Waals surface area contributed by atoms with E-state index in [1.54, 1.807) is 0 Å². The normalized spacial score (nSPS) is 50.1. The fourth-order valence-corrected chi connectivity index (χ4v) is 1.44. The van der Waals surface area contributed by atoms with Gasteiger partial charge >= 0.3 is 6.11 Å². The number of fused-ring (bicyclic) bond motifs is 1. The Labute approximate surface area is 56.2 Å². The van der Waals surface area contributed by atoms with Gasteiger partial charge in [-0.3, -0.25) is 0 Å². The van der Waals surface area contributed by atoms with Crippen molar-refractivity contribution < 1.29 is 17.9 Å². The minimum absolute atomic E-state index is 0.0106. The van der Waals surface area contributed by atoms with Crippen LogP contribution in [0.2, 0.25) is 0 Å². The van der Waals surface area contributed by atoms with Crippen LogP contribution >= 0.6 is 0 Å². The molecule has 2 aliphatic rings. The van der Waals surface area contributed by atoms with Gasteiger partial charge in [-0.2, -0.15) is 8.78 Å². The third-order valence-electron chi connectivity index (χ3n) is 2.26. The number of ether oxygens (including phenoxy) is 1. The molecule has 2 fully saturated rings. The summed E-state index contributed by atoms with van der Waals surface area (Å²) in [5.74, 6) is -0.448. The van der Waals surface area contributed by atoms with Crippen molar-refractivity contribution in [1.82, 2.24) is 0 Å². The Kier molecular flexibility index (Phi) is 0.966. The standard InChI is InChI=1S/C6H7F3O/c7-5-3-4(5)1-2-10-6(5,8)9/h4H,1-3H2. The number of alkyl halides is 3. The molecule has 0 N–H and O–H groups in total. The summed E-state index contributed by atoms with van der Waals surface area (Å²) in [6, 6.07) is 0. The molecule has 0 spiro atoms. The van der Waals surface area contributed by atoms with Gasteiger partial charge in [0.05, 0.1) is 6.61 Å². The lowest BCUT2D eigenvalue weighted by molar-refractivity contribution is -0.300. The second-order valence-corrected chi connectivity index (χ2v) is 2.92. The predicted octanol–water partition coefficient (Wildman–Crippen LogP) is 1.73. The SMILES string of the molecule is FC1(F)OCCC2CC21F. The van der Waals surface area contributed by atoms with E-state index < -0.39 is 17.7 Å². The molecule has 1 saturated heterocycles. The van der Waals surface area contributed by atoms with Crippen LogP contribution in [-0.4, -0.2) is 18.4 Å². The number of halogens is 3. The highest BCUT2D eigenvalue weighted by Crippen LogP contribution is 2.61. The van der Waals surface area contributed by atoms with Gasteiger partial charge in [0.1, 0.15) is 0 Å². The van der Waals surface area contributed by atoms with E-state index in [1.807, 2.05) is 0 Å². The van der Waals surface area contributed by atoms with E-state index in [1.165, 1.54) is 0 Å². The molecule has 1 aliphatic carbocycles. The molecule has 1 heterocycles. The van der Waals surface area contributed by atoms with Crippen molar-refractivity contribution in [2.75, 3.05) is 6.61 Å². The molecule has 10 heavy (non-hydrogen) atoms. The summed E-state index contributed by atoms with van der Waals surface area (Å²) < 4.78 is 41.7. The van der Waals surface area contributed by atoms with Crippen molar-refractivity contribution >= 4 is 0 Å². The van der Waals surface area contributed by atoms with Gasteiger partial charge in [0.2, 0.25) is 5.67 Å². The molecule has 2 unspecified atom stereocenters. The topological polar surface area (TPSA) is 9.23 Å². The summed E-state index contributed by atoms with van der Waals surface area (Å²) in [4.78, 5) is 0. The van der Waals surface area contributed by atoms with E-state index >= 15 is 0 Å². The summed E-state index contributed by atoms with van der Waals surface area (Å²) in [6.45, 7) is -0.0106. The lowest BCUT2D eigenvalue weighted by Gasteiger charge is -2.25. The van der Waals surface area contributed by atoms with E-state index in [0.717, 1.165) is 0 Å². The Morgan fingerprint density at radius 1 is 1.30 bits per heavy atom. The van der Waals surface area contributed by atoms with Gasteiger partial charge in [-0.05, 0) is 12.8 Å². The Bertz CT molecular complexity index is 168. The first kappa shape index (κ1) is 6.46. The fourth-order valence-electron chi connectivity index (χ4n) is 1.44. The number of rotatable bonds is 0. The van der Waals surface area contributed by atoms with Gasteiger partial charge < -0.3 is 4.74 Å². The summed E-state index contributed by atoms with van der Waals surface area (Å²) >= 11 is 0. The van der Waals surface area contributed by atoms with Crippen molar-refractivity contribution in [3.05, 3.63) is 0 Å². The highest BCUT2D eigenvalue weighted by Gasteiger charge is 2.74. The van der Waals surface area contributed by atoms with Crippen LogP contribution in [-0.2, 0) is 4.74 Å². The minimum atomic E-state index is -3.52. The zero-order valence-electron chi connectivity index (χ0n) is 5.24. The van der Waals surface area contributed by atoms with Crippen molar-refractivity contribution in [1.29, 1.82) is 0 Å². The minimum Gasteiger partial charge on any atom is -0.318 e. The number of hydrogen-bond acceptors (Lipinski definition) is 1. The molecule has 0 aromatic carbocycles. The molecule has 0 aromatic heterocycles. The lowest BCUT2D eigenvalue weighted by atomic mass is 10.2. The Morgan fingerprint density at radius 3 is 2.50 bits per heavy atom. The molecule has 1 saturated carbocycles. The third kappa shape index (κ3) is 0.576. The Balaban J connectivity index is 2.21. The van der Waals surface area contributed by atoms with Crippen LogP contribution in [0.4, 0.5) is 13.2 Å². The highest BCUT2D eigenvalue weighted by atomic mass is 19.3. The van der Waals surface area contributed by atoms with Gasteiger partial charge in [-0.25, -0.2) is 4.39 Å². The second kappa shape index (κ2) is 1.49. The molecule has 2 atom stereocenters. The van der Waals surface area contributed by atoms with E-state index in [2.05, 4.69) is 4.74 Å². The molecule has 0 bridgehead atoms. The first-order valence-corrected chi connectivity index (χ1v) is 3.27. The molecule has 0 aromatic rings. The van der Waals surface area contributed by atoms with E-state index in [0.29, 0.717) is 6.42 Å². The van der Waals surface area contributed by atoms with Crippen LogP contribution in [0.25, 0.3) is 0 Å². The maximum atomic E-state index is 12.8. The van der Waals surface area contributed by atoms with Crippen LogP contribution in [0.5, 0.6) is 0 Å². The van der Waals surface area contributed by atoms with Crippen LogP contribution in [0, 0.1) is 5.92 Å². The zero-order valence-corrected chi connectivity index (χ0v) is 5.24. The van der Waals surface area contributed by atoms with Gasteiger partial charge in [-0.15, -0.1) is 0 Å². The first-order chi connectivity index (χ1) is 4.56. The molecule has 0 radical (unpaired) electrons. The van der Waals surface area contributed by atoms with Gasteiger partial charge in [0.25, 0.3) is 0 Å². The van der Waals surface area contributed by atoms with E-state index in [-0.39, 0.29) is 13.0 Å². The molecule has 1 nitrogen and oxygen atoms in total. The predicted molar refractivity (Wildman–Crippen MR) is 27.5 cm³/mol. The molecule has 4 heteroatoms. The average molecular weight is 152 g/mol. The molecular formula is C6H7F3O. The van der Waals surface area contributed by atoms with Gasteiger partial charge in [-0.1, -0.05) is 0 Å². The molecule has 58 valence electrons. The third-order valence-corrected chi connectivity index (χ3v) is 2.26. The first-order valence-electron chi connectivity index (χ1n) is 3.27. The molecule has 1 aliphatic heterocycles. The van der Waals surface area contributed by atoms with Gasteiger partial charge in [0, 0.05) is 5.92 Å². The summed E-state index contributed by atoms with van der Waals surface area (Å²) in [5, 5.41) is 0. The molecule has 2 rings (SSSR count). The van der Waals surface area contributed by atoms with E-state index in [9.17, 15) is 13.2 Å². The summed E-state index contributed by atoms with van der Waals surface area (Å²) in [7, 11) is 0. The van der Waals surface area contributed by atoms with Crippen LogP contribution in [0.1, 0.15) is 12.8 Å². The second-order valence-electron chi connectivity index (χ2n) is 2.92. The number of hydrogen-bond donors (Lipinski definition) is 0. The van der Waals surface area contributed by atoms with E-state index in [4.69, 9.17) is 0 Å². The molecular weight excluding hydrogens is 145 g/mol. The Hall–Kier alpha value is -0.250. The van der Waals surface area contributed by atoms with Crippen molar-refractivity contribution in [2.45, 2.75) is 24.6 Å². The average Bonchev–Trinajstić information content (AvgIpc) is 2.42. The smallest absolute Gasteiger partial charge is 0.318 e. The van der Waals surface area contributed by atoms with Crippen molar-refractivity contribution in [2.24, 2.45) is 5.92 Å². The lowest BCUT2D eigenvalue weighted by Crippen LogP contribution is -2.40. The quantitative estimate of drug-likeness (QED) is 0.513. The largest absolute Gasteiger partial charge is 0.389 e. The summed E-state index contributed by atoms with van der Waals surface area (Å²) in [5.41, 5.74) is -2.31. The Morgan fingerprint density at radius 2 is 2.00 bits per heavy atom. The zero-order chi connectivity index (χ0) is 7.41. The fraction of sp³-hybridized carbons (Fsp3) is 1.00. The van der Waals surface area contributed by atoms with Crippen molar-refractivity contribution in [3.63, 3.8) is 0 Å². The summed E-state index contributed by atoms with van der Waals surface area (Å²) in [6.07, 6.45) is -3.11.